The predicted molar refractivity (Wildman–Crippen MR) is 150 cm³/mol. The molecule has 0 atom stereocenters. The standard InChI is InChI=1S/C26H27N7O3S/c1-15-10-16(2)29-24(28-15)32-25(30-19-11-17-8-6-7-9-20(17)27-14-19)33-26(37)31-18-12-21(34-3)23(36-5)22(13-18)35-4/h6-14H,1-5H3,(H3,28,29,30,31,32,33,37). The molecule has 190 valence electrons. The Hall–Kier alpha value is -4.51. The van der Waals surface area contributed by atoms with Gasteiger partial charge < -0.3 is 24.8 Å². The van der Waals surface area contributed by atoms with Crippen LogP contribution in [0.3, 0.4) is 0 Å². The number of pyridine rings is 1. The van der Waals surface area contributed by atoms with Gasteiger partial charge in [0.05, 0.1) is 38.7 Å². The molecule has 0 radical (unpaired) electrons. The lowest BCUT2D eigenvalue weighted by Gasteiger charge is -2.15. The Kier molecular flexibility index (Phi) is 7.94. The third kappa shape index (κ3) is 6.39. The van der Waals surface area contributed by atoms with Crippen LogP contribution in [0.2, 0.25) is 0 Å². The number of aliphatic imine (C=N–C) groups is 1. The van der Waals surface area contributed by atoms with Crippen molar-refractivity contribution in [3.8, 4) is 17.2 Å². The Morgan fingerprint density at radius 2 is 1.49 bits per heavy atom. The van der Waals surface area contributed by atoms with Gasteiger partial charge in [0.1, 0.15) is 0 Å². The van der Waals surface area contributed by atoms with Crippen LogP contribution < -0.4 is 30.2 Å². The Balaban J connectivity index is 1.65. The van der Waals surface area contributed by atoms with Crippen molar-refractivity contribution in [2.24, 2.45) is 4.99 Å². The number of rotatable bonds is 6. The lowest BCUT2D eigenvalue weighted by Crippen LogP contribution is -2.26. The number of thiocarbonyl (C=S) groups is 1. The van der Waals surface area contributed by atoms with Crippen LogP contribution in [0.4, 0.5) is 17.3 Å². The second-order valence-corrected chi connectivity index (χ2v) is 8.33. The molecule has 0 amide bonds. The van der Waals surface area contributed by atoms with E-state index < -0.39 is 0 Å². The molecule has 3 N–H and O–H groups in total. The minimum Gasteiger partial charge on any atom is -0.493 e. The van der Waals surface area contributed by atoms with Crippen LogP contribution in [0.15, 0.2) is 59.7 Å². The Bertz CT molecular complexity index is 1430. The van der Waals surface area contributed by atoms with Gasteiger partial charge in [-0.05, 0) is 44.3 Å². The number of hydrogen-bond acceptors (Lipinski definition) is 7. The van der Waals surface area contributed by atoms with Crippen molar-refractivity contribution in [1.29, 1.82) is 0 Å². The van der Waals surface area contributed by atoms with Crippen LogP contribution in [-0.4, -0.2) is 47.4 Å². The van der Waals surface area contributed by atoms with Crippen LogP contribution in [0, 0.1) is 13.8 Å². The number of methoxy groups -OCH3 is 3. The van der Waals surface area contributed by atoms with Crippen molar-refractivity contribution in [2.75, 3.05) is 37.3 Å². The number of nitrogens with one attached hydrogen (secondary N) is 3. The summed E-state index contributed by atoms with van der Waals surface area (Å²) in [6.45, 7) is 3.79. The third-order valence-electron chi connectivity index (χ3n) is 5.20. The maximum absolute atomic E-state index is 5.55. The second-order valence-electron chi connectivity index (χ2n) is 7.95. The average Bonchev–Trinajstić information content (AvgIpc) is 2.87. The molecule has 0 aliphatic rings. The lowest BCUT2D eigenvalue weighted by molar-refractivity contribution is 0.324. The average molecular weight is 518 g/mol. The molecule has 0 unspecified atom stereocenters. The number of fused-ring (bicyclic) bond motifs is 1. The molecule has 0 bridgehead atoms. The second kappa shape index (κ2) is 11.5. The lowest BCUT2D eigenvalue weighted by atomic mass is 10.2. The van der Waals surface area contributed by atoms with Crippen LogP contribution in [0.5, 0.6) is 17.2 Å². The molecule has 0 saturated carbocycles. The smallest absolute Gasteiger partial charge is 0.229 e. The van der Waals surface area contributed by atoms with Crippen LogP contribution >= 0.6 is 12.2 Å². The van der Waals surface area contributed by atoms with Crippen LogP contribution in [-0.2, 0) is 0 Å². The van der Waals surface area contributed by atoms with E-state index in [-0.39, 0.29) is 5.11 Å². The molecule has 2 heterocycles. The van der Waals surface area contributed by atoms with E-state index in [2.05, 4.69) is 35.9 Å². The fourth-order valence-corrected chi connectivity index (χ4v) is 3.87. The highest BCUT2D eigenvalue weighted by molar-refractivity contribution is 7.80. The Labute approximate surface area is 220 Å². The molecule has 0 aliphatic carbocycles. The molecule has 11 heteroatoms. The van der Waals surface area contributed by atoms with Gasteiger partial charge in [-0.3, -0.25) is 10.3 Å². The molecular formula is C26H27N7O3S. The summed E-state index contributed by atoms with van der Waals surface area (Å²) >= 11 is 5.55. The first kappa shape index (κ1) is 25.6. The first-order valence-electron chi connectivity index (χ1n) is 11.3. The van der Waals surface area contributed by atoms with E-state index in [9.17, 15) is 0 Å². The summed E-state index contributed by atoms with van der Waals surface area (Å²) < 4.78 is 16.2. The molecular weight excluding hydrogens is 490 g/mol. The zero-order valence-electron chi connectivity index (χ0n) is 21.1. The fourth-order valence-electron chi connectivity index (χ4n) is 3.66. The minimum atomic E-state index is 0.169. The fraction of sp³-hybridized carbons (Fsp3) is 0.192. The van der Waals surface area contributed by atoms with Gasteiger partial charge in [-0.1, -0.05) is 18.2 Å². The zero-order valence-corrected chi connectivity index (χ0v) is 21.9. The molecule has 0 saturated heterocycles. The number of benzene rings is 2. The maximum Gasteiger partial charge on any atom is 0.229 e. The summed E-state index contributed by atoms with van der Waals surface area (Å²) in [6, 6.07) is 15.2. The molecule has 4 aromatic rings. The summed E-state index contributed by atoms with van der Waals surface area (Å²) in [5.41, 5.74) is 3.85. The van der Waals surface area contributed by atoms with Crippen molar-refractivity contribution >= 4 is 51.5 Å². The molecule has 0 spiro atoms. The molecule has 37 heavy (non-hydrogen) atoms. The summed E-state index contributed by atoms with van der Waals surface area (Å²) in [5, 5.41) is 10.6. The van der Waals surface area contributed by atoms with Gasteiger partial charge in [-0.25, -0.2) is 9.97 Å². The van der Waals surface area contributed by atoms with Gasteiger partial charge in [-0.15, -0.1) is 0 Å². The zero-order chi connectivity index (χ0) is 26.4. The Morgan fingerprint density at radius 1 is 0.811 bits per heavy atom. The molecule has 10 nitrogen and oxygen atoms in total. The number of aryl methyl sites for hydroxylation is 2. The highest BCUT2D eigenvalue weighted by Gasteiger charge is 2.14. The van der Waals surface area contributed by atoms with Crippen molar-refractivity contribution in [3.63, 3.8) is 0 Å². The summed E-state index contributed by atoms with van der Waals surface area (Å²) in [5.74, 6) is 2.14. The topological polar surface area (TPSA) is 115 Å². The minimum absolute atomic E-state index is 0.169. The number of ether oxygens (including phenoxy) is 3. The van der Waals surface area contributed by atoms with Gasteiger partial charge in [0.25, 0.3) is 0 Å². The van der Waals surface area contributed by atoms with E-state index in [1.165, 1.54) is 0 Å². The molecule has 2 aromatic heterocycles. The normalized spacial score (nSPS) is 11.1. The van der Waals surface area contributed by atoms with Crippen LogP contribution in [0.25, 0.3) is 10.9 Å². The maximum atomic E-state index is 5.55. The van der Waals surface area contributed by atoms with Crippen molar-refractivity contribution < 1.29 is 14.2 Å². The van der Waals surface area contributed by atoms with Gasteiger partial charge in [0.15, 0.2) is 11.5 Å². The highest BCUT2D eigenvalue weighted by Crippen LogP contribution is 2.40. The number of aromatic nitrogens is 3. The van der Waals surface area contributed by atoms with Crippen molar-refractivity contribution in [2.45, 2.75) is 13.8 Å². The number of nitrogens with zero attached hydrogens (tertiary/aromatic N) is 4. The molecule has 0 aliphatic heterocycles. The SMILES string of the molecule is COc1cc(NC(=S)/N=C(/Nc2cnc3ccccc3c2)Nc2nc(C)cc(C)n2)cc(OC)c1OC. The number of para-hydroxylation sites is 1. The largest absolute Gasteiger partial charge is 0.493 e. The number of anilines is 3. The quantitative estimate of drug-likeness (QED) is 0.184. The van der Waals surface area contributed by atoms with Gasteiger partial charge >= 0.3 is 0 Å². The van der Waals surface area contributed by atoms with Gasteiger partial charge in [0.2, 0.25) is 22.8 Å². The Morgan fingerprint density at radius 3 is 2.14 bits per heavy atom. The highest BCUT2D eigenvalue weighted by atomic mass is 32.1. The van der Waals surface area contributed by atoms with Gasteiger partial charge in [0, 0.05) is 34.6 Å². The van der Waals surface area contributed by atoms with Crippen molar-refractivity contribution in [3.05, 3.63) is 66.1 Å². The van der Waals surface area contributed by atoms with E-state index in [1.807, 2.05) is 50.2 Å². The van der Waals surface area contributed by atoms with Crippen molar-refractivity contribution in [1.82, 2.24) is 15.0 Å². The molecule has 4 rings (SSSR count). The summed E-state index contributed by atoms with van der Waals surface area (Å²) in [4.78, 5) is 18.0. The van der Waals surface area contributed by atoms with E-state index >= 15 is 0 Å². The third-order valence-corrected chi connectivity index (χ3v) is 5.39. The van der Waals surface area contributed by atoms with E-state index in [0.29, 0.717) is 40.5 Å². The predicted octanol–water partition coefficient (Wildman–Crippen LogP) is 4.94. The van der Waals surface area contributed by atoms with E-state index in [0.717, 1.165) is 22.3 Å². The van der Waals surface area contributed by atoms with Crippen LogP contribution in [0.1, 0.15) is 11.4 Å². The molecule has 0 fully saturated rings. The molecule has 2 aromatic carbocycles. The number of guanidine groups is 1. The first-order chi connectivity index (χ1) is 17.9. The monoisotopic (exact) mass is 517 g/mol. The van der Waals surface area contributed by atoms with E-state index in [4.69, 9.17) is 26.4 Å². The first-order valence-corrected chi connectivity index (χ1v) is 11.7. The summed E-state index contributed by atoms with van der Waals surface area (Å²) in [7, 11) is 4.64. The summed E-state index contributed by atoms with van der Waals surface area (Å²) in [6.07, 6.45) is 1.72. The van der Waals surface area contributed by atoms with Gasteiger partial charge in [-0.2, -0.15) is 4.99 Å². The van der Waals surface area contributed by atoms with E-state index in [1.54, 1.807) is 39.7 Å². The number of hydrogen-bond donors (Lipinski definition) is 3.